The molecule has 54 heavy (non-hydrogen) atoms. The molecule has 0 amide bonds. The molecule has 0 atom stereocenters. The predicted octanol–water partition coefficient (Wildman–Crippen LogP) is 11.5. The van der Waals surface area contributed by atoms with E-state index in [1.807, 2.05) is 0 Å². The van der Waals surface area contributed by atoms with Crippen molar-refractivity contribution in [2.75, 3.05) is 0 Å². The van der Waals surface area contributed by atoms with Crippen molar-refractivity contribution in [2.24, 2.45) is 0 Å². The minimum absolute atomic E-state index is 0.0547. The first-order valence-electron chi connectivity index (χ1n) is 21.4. The molecule has 0 heterocycles. The zero-order valence-corrected chi connectivity index (χ0v) is 41.7. The van der Waals surface area contributed by atoms with Crippen molar-refractivity contribution in [3.63, 3.8) is 0 Å². The average molecular weight is 918 g/mol. The van der Waals surface area contributed by atoms with Crippen molar-refractivity contribution in [3.8, 4) is 11.1 Å². The number of fused-ring (bicyclic) bond motifs is 3. The molecular formula is C51H70HfSi2. The molecule has 0 spiro atoms. The fraction of sp³-hybridized carbons (Fsp3) is 0.431. The second-order valence-corrected chi connectivity index (χ2v) is 48.4. The van der Waals surface area contributed by atoms with Gasteiger partial charge in [-0.05, 0) is 0 Å². The SMILES string of the molecule is [CH2]=[Hf]([C]1=CC=CC1)([c]1ccc([Si](CC)(CC)CC)cc1)([c]1ccc([Si](CC)(CC)CC)cc1)[c]1c(C(C)(C)C)ccc2c1Cc1cc(C(C)(C)C)ccc1-2. The first-order valence-corrected chi connectivity index (χ1v) is 36.4. The third-order valence-electron chi connectivity index (χ3n) is 15.1. The van der Waals surface area contributed by atoms with Gasteiger partial charge in [-0.1, -0.05) is 0 Å². The van der Waals surface area contributed by atoms with Crippen LogP contribution in [0.5, 0.6) is 0 Å². The van der Waals surface area contributed by atoms with Gasteiger partial charge in [-0.15, -0.1) is 0 Å². The number of hydrogen-bond donors (Lipinski definition) is 0. The van der Waals surface area contributed by atoms with Gasteiger partial charge in [-0.3, -0.25) is 0 Å². The molecular weight excluding hydrogens is 847 g/mol. The van der Waals surface area contributed by atoms with Gasteiger partial charge in [0, 0.05) is 0 Å². The molecule has 0 saturated heterocycles. The van der Waals surface area contributed by atoms with Crippen LogP contribution in [0.4, 0.5) is 0 Å². The number of rotatable bonds is 12. The number of allylic oxidation sites excluding steroid dienone is 4. The first-order chi connectivity index (χ1) is 25.5. The van der Waals surface area contributed by atoms with Crippen LogP contribution in [0, 0.1) is 0 Å². The Balaban J connectivity index is 1.78. The summed E-state index contributed by atoms with van der Waals surface area (Å²) in [5.74, 6) is 0. The molecule has 0 N–H and O–H groups in total. The van der Waals surface area contributed by atoms with Crippen LogP contribution in [0.3, 0.4) is 0 Å². The molecule has 4 aromatic carbocycles. The molecule has 3 heteroatoms. The van der Waals surface area contributed by atoms with E-state index in [1.165, 1.54) is 70.7 Å². The summed E-state index contributed by atoms with van der Waals surface area (Å²) in [5, 5.41) is 3.25. The normalized spacial score (nSPS) is 15.0. The van der Waals surface area contributed by atoms with Gasteiger partial charge in [0.15, 0.2) is 0 Å². The van der Waals surface area contributed by atoms with Crippen LogP contribution in [0.2, 0.25) is 36.3 Å². The Bertz CT molecular complexity index is 2050. The van der Waals surface area contributed by atoms with Crippen LogP contribution >= 0.6 is 0 Å². The van der Waals surface area contributed by atoms with Crippen LogP contribution in [0.25, 0.3) is 11.1 Å². The minimum atomic E-state index is -5.19. The molecule has 2 aliphatic rings. The van der Waals surface area contributed by atoms with Crippen molar-refractivity contribution in [1.29, 1.82) is 0 Å². The van der Waals surface area contributed by atoms with Crippen molar-refractivity contribution >= 4 is 40.7 Å². The first kappa shape index (κ1) is 41.2. The van der Waals surface area contributed by atoms with E-state index in [1.54, 1.807) is 22.6 Å². The molecule has 0 aromatic heterocycles. The Kier molecular flexibility index (Phi) is 11.3. The van der Waals surface area contributed by atoms with E-state index < -0.39 is 34.2 Å². The second-order valence-electron chi connectivity index (χ2n) is 19.2. The van der Waals surface area contributed by atoms with Crippen LogP contribution in [-0.4, -0.2) is 20.4 Å². The topological polar surface area (TPSA) is 0 Å². The molecule has 2 aliphatic carbocycles. The number of benzene rings is 4. The second kappa shape index (κ2) is 14.8. The van der Waals surface area contributed by atoms with E-state index in [-0.39, 0.29) is 10.8 Å². The van der Waals surface area contributed by atoms with Gasteiger partial charge >= 0.3 is 336 Å². The van der Waals surface area contributed by atoms with Crippen LogP contribution in [-0.2, 0) is 35.3 Å². The van der Waals surface area contributed by atoms with Gasteiger partial charge in [0.2, 0.25) is 0 Å². The van der Waals surface area contributed by atoms with Gasteiger partial charge in [0.25, 0.3) is 0 Å². The Labute approximate surface area is 333 Å². The van der Waals surface area contributed by atoms with E-state index >= 15 is 0 Å². The molecule has 6 rings (SSSR count). The molecule has 286 valence electrons. The molecule has 0 aliphatic heterocycles. The zero-order chi connectivity index (χ0) is 39.3. The molecule has 0 unspecified atom stereocenters. The Hall–Kier alpha value is -2.47. The summed E-state index contributed by atoms with van der Waals surface area (Å²) < 4.78 is 12.2. The molecule has 4 aromatic rings. The van der Waals surface area contributed by atoms with Crippen LogP contribution in [0.15, 0.2) is 100 Å². The summed E-state index contributed by atoms with van der Waals surface area (Å²) in [6.07, 6.45) is 9.22. The van der Waals surface area contributed by atoms with Gasteiger partial charge < -0.3 is 0 Å². The number of hydrogen-bond acceptors (Lipinski definition) is 0. The van der Waals surface area contributed by atoms with Crippen molar-refractivity contribution < 1.29 is 18.0 Å². The summed E-state index contributed by atoms with van der Waals surface area (Å²) in [6, 6.07) is 40.9. The Morgan fingerprint density at radius 3 is 1.48 bits per heavy atom. The summed E-state index contributed by atoms with van der Waals surface area (Å²) in [7, 11) is -3.14. The molecule has 0 bridgehead atoms. The van der Waals surface area contributed by atoms with Crippen molar-refractivity contribution in [1.82, 2.24) is 0 Å². The van der Waals surface area contributed by atoms with Crippen molar-refractivity contribution in [3.05, 3.63) is 123 Å². The predicted molar refractivity (Wildman–Crippen MR) is 246 cm³/mol. The fourth-order valence-electron chi connectivity index (χ4n) is 10.9. The Morgan fingerprint density at radius 2 is 1.07 bits per heavy atom. The molecule has 0 radical (unpaired) electrons. The molecule has 0 saturated carbocycles. The van der Waals surface area contributed by atoms with E-state index in [2.05, 4.69) is 180 Å². The summed E-state index contributed by atoms with van der Waals surface area (Å²) in [5.41, 5.74) is 8.85. The van der Waals surface area contributed by atoms with E-state index in [4.69, 9.17) is 4.26 Å². The average Bonchev–Trinajstić information content (AvgIpc) is 3.85. The third kappa shape index (κ3) is 6.26. The van der Waals surface area contributed by atoms with E-state index in [9.17, 15) is 0 Å². The summed E-state index contributed by atoms with van der Waals surface area (Å²) >= 11 is -5.19. The molecule has 0 fully saturated rings. The maximum atomic E-state index is 6.00. The Morgan fingerprint density at radius 1 is 0.593 bits per heavy atom. The van der Waals surface area contributed by atoms with Gasteiger partial charge in [0.1, 0.15) is 0 Å². The molecule has 0 nitrogen and oxygen atoms in total. The standard InChI is InChI=1S/C21H25.2C12H19Si.C5H5.CH2.Hf/c1-20(2,3)16-7-9-18-14(12-16)11-15-13-17(21(4,5)6)8-10-19(15)18;2*1-4-13(5-2,6-3)12-10-8-7-9-11-12;1-2-4-5-3-1;;/h7-10,12H,11H2,1-6H3;2*8-11H,4-6H2,1-3H3;1-3H,4H2;1H2;. The fourth-order valence-corrected chi connectivity index (χ4v) is 42.4. The summed E-state index contributed by atoms with van der Waals surface area (Å²) in [6.45, 7) is 29.0. The third-order valence-corrected chi connectivity index (χ3v) is 50.3. The van der Waals surface area contributed by atoms with Gasteiger partial charge in [-0.2, -0.15) is 0 Å². The van der Waals surface area contributed by atoms with Crippen LogP contribution < -0.4 is 20.3 Å². The van der Waals surface area contributed by atoms with Crippen molar-refractivity contribution in [2.45, 2.75) is 143 Å². The van der Waals surface area contributed by atoms with Crippen LogP contribution in [0.1, 0.15) is 112 Å². The summed E-state index contributed by atoms with van der Waals surface area (Å²) in [4.78, 5) is 0. The maximum absolute atomic E-state index is 6.00. The van der Waals surface area contributed by atoms with Gasteiger partial charge in [0.05, 0.1) is 0 Å². The zero-order valence-electron chi connectivity index (χ0n) is 36.1. The monoisotopic (exact) mass is 918 g/mol. The van der Waals surface area contributed by atoms with E-state index in [0.29, 0.717) is 0 Å². The van der Waals surface area contributed by atoms with E-state index in [0.717, 1.165) is 12.8 Å². The van der Waals surface area contributed by atoms with Gasteiger partial charge in [-0.25, -0.2) is 0 Å². The quantitative estimate of drug-likeness (QED) is 0.109.